The monoisotopic (exact) mass is 413 g/mol. The third-order valence-corrected chi connectivity index (χ3v) is 5.72. The number of rotatable bonds is 4. The lowest BCUT2D eigenvalue weighted by Crippen LogP contribution is -2.28. The Bertz CT molecular complexity index is 937. The summed E-state index contributed by atoms with van der Waals surface area (Å²) in [5.41, 5.74) is 7.24. The highest BCUT2D eigenvalue weighted by Gasteiger charge is 2.18. The van der Waals surface area contributed by atoms with E-state index in [1.165, 1.54) is 17.8 Å². The summed E-state index contributed by atoms with van der Waals surface area (Å²) in [6, 6.07) is 16.8. The maximum atomic E-state index is 13.6. The van der Waals surface area contributed by atoms with Gasteiger partial charge in [0.2, 0.25) is 5.91 Å². The molecule has 1 aromatic heterocycles. The molecule has 7 heteroatoms. The second-order valence-corrected chi connectivity index (χ2v) is 7.80. The number of ether oxygens (including phenoxy) is 1. The van der Waals surface area contributed by atoms with Crippen molar-refractivity contribution < 1.29 is 13.9 Å². The Morgan fingerprint density at radius 1 is 1.14 bits per heavy atom. The van der Waals surface area contributed by atoms with Gasteiger partial charge in [0.25, 0.3) is 0 Å². The van der Waals surface area contributed by atoms with Gasteiger partial charge in [-0.05, 0) is 48.7 Å². The van der Waals surface area contributed by atoms with Gasteiger partial charge >= 0.3 is 0 Å². The average Bonchev–Trinajstić information content (AvgIpc) is 3.17. The van der Waals surface area contributed by atoms with E-state index in [-0.39, 0.29) is 17.6 Å². The number of primary amides is 1. The Balaban J connectivity index is 0.000000224. The molecule has 29 heavy (non-hydrogen) atoms. The molecule has 3 aromatic rings. The van der Waals surface area contributed by atoms with Crippen LogP contribution in [0.15, 0.2) is 70.6 Å². The van der Waals surface area contributed by atoms with E-state index in [0.29, 0.717) is 18.1 Å². The van der Waals surface area contributed by atoms with Gasteiger partial charge in [-0.15, -0.1) is 0 Å². The zero-order valence-electron chi connectivity index (χ0n) is 16.3. The van der Waals surface area contributed by atoms with E-state index in [2.05, 4.69) is 5.10 Å². The Kier molecular flexibility index (Phi) is 7.43. The molecule has 2 heterocycles. The summed E-state index contributed by atoms with van der Waals surface area (Å²) in [6.45, 7) is 1.38. The fraction of sp³-hybridized carbons (Fsp3) is 0.273. The number of halogens is 1. The van der Waals surface area contributed by atoms with E-state index >= 15 is 0 Å². The number of amides is 1. The highest BCUT2D eigenvalue weighted by atomic mass is 32.2. The number of aromatic nitrogens is 2. The first kappa shape index (κ1) is 21.1. The molecule has 0 atom stereocenters. The molecule has 1 amide bonds. The number of hydrogen-bond donors (Lipinski definition) is 1. The van der Waals surface area contributed by atoms with Crippen molar-refractivity contribution in [2.24, 2.45) is 18.7 Å². The molecule has 1 saturated heterocycles. The van der Waals surface area contributed by atoms with Crippen molar-refractivity contribution in [2.75, 3.05) is 13.2 Å². The van der Waals surface area contributed by atoms with E-state index in [1.54, 1.807) is 18.3 Å². The first-order chi connectivity index (χ1) is 14.0. The Hall–Kier alpha value is -2.64. The lowest BCUT2D eigenvalue weighted by Gasteiger charge is -2.18. The van der Waals surface area contributed by atoms with Gasteiger partial charge in [-0.1, -0.05) is 36.0 Å². The van der Waals surface area contributed by atoms with Crippen LogP contribution in [0.3, 0.4) is 0 Å². The summed E-state index contributed by atoms with van der Waals surface area (Å²) in [4.78, 5) is 12.2. The predicted octanol–water partition coefficient (Wildman–Crippen LogP) is 4.28. The van der Waals surface area contributed by atoms with Crippen LogP contribution >= 0.6 is 11.8 Å². The number of carbonyl (C=O) groups excluding carboxylic acids is 1. The first-order valence-corrected chi connectivity index (χ1v) is 10.2. The molecule has 152 valence electrons. The topological polar surface area (TPSA) is 70.1 Å². The summed E-state index contributed by atoms with van der Waals surface area (Å²) < 4.78 is 20.5. The van der Waals surface area contributed by atoms with Crippen molar-refractivity contribution in [3.8, 4) is 11.3 Å². The van der Waals surface area contributed by atoms with Crippen molar-refractivity contribution in [1.82, 2.24) is 9.78 Å². The van der Waals surface area contributed by atoms with E-state index in [1.807, 2.05) is 48.1 Å². The van der Waals surface area contributed by atoms with Crippen LogP contribution in [0.4, 0.5) is 4.39 Å². The summed E-state index contributed by atoms with van der Waals surface area (Å²) in [7, 11) is 1.91. The third-order valence-electron chi connectivity index (χ3n) is 4.66. The maximum absolute atomic E-state index is 13.6. The Morgan fingerprint density at radius 2 is 1.83 bits per heavy atom. The molecule has 1 aliphatic heterocycles. The number of aryl methyl sites for hydroxylation is 1. The number of nitrogens with two attached hydrogens (primary N) is 1. The molecule has 0 unspecified atom stereocenters. The van der Waals surface area contributed by atoms with E-state index in [0.717, 1.165) is 29.0 Å². The standard InChI is InChI=1S/C16H13FN2S.C6H11NO2/c1-19-15(10-11-18-19)12-6-8-13(9-7-12)20-16-5-3-2-4-14(16)17;7-6(8)5-1-3-9-4-2-5/h2-11H,1H3;5H,1-4H2,(H2,7,8). The van der Waals surface area contributed by atoms with Gasteiger partial charge in [0, 0.05) is 42.2 Å². The van der Waals surface area contributed by atoms with E-state index < -0.39 is 0 Å². The van der Waals surface area contributed by atoms with Crippen molar-refractivity contribution >= 4 is 17.7 Å². The molecule has 0 aliphatic carbocycles. The molecule has 1 fully saturated rings. The van der Waals surface area contributed by atoms with Crippen LogP contribution in [0, 0.1) is 11.7 Å². The molecule has 2 aromatic carbocycles. The van der Waals surface area contributed by atoms with Crippen molar-refractivity contribution in [3.63, 3.8) is 0 Å². The molecular weight excluding hydrogens is 389 g/mol. The molecule has 2 N–H and O–H groups in total. The van der Waals surface area contributed by atoms with Crippen LogP contribution in [0.2, 0.25) is 0 Å². The van der Waals surface area contributed by atoms with Crippen LogP contribution in [0.1, 0.15) is 12.8 Å². The molecular formula is C22H24FN3O2S. The number of benzene rings is 2. The fourth-order valence-corrected chi connectivity index (χ4v) is 3.83. The minimum Gasteiger partial charge on any atom is -0.381 e. The summed E-state index contributed by atoms with van der Waals surface area (Å²) in [5, 5.41) is 4.16. The smallest absolute Gasteiger partial charge is 0.220 e. The molecule has 1 aliphatic rings. The molecule has 4 rings (SSSR count). The van der Waals surface area contributed by atoms with Gasteiger partial charge in [-0.25, -0.2) is 4.39 Å². The normalized spacial score (nSPS) is 14.1. The quantitative estimate of drug-likeness (QED) is 0.693. The lowest BCUT2D eigenvalue weighted by molar-refractivity contribution is -0.124. The van der Waals surface area contributed by atoms with Crippen LogP contribution < -0.4 is 5.73 Å². The molecule has 5 nitrogen and oxygen atoms in total. The van der Waals surface area contributed by atoms with Crippen LogP contribution in [-0.2, 0) is 16.6 Å². The van der Waals surface area contributed by atoms with Crippen molar-refractivity contribution in [1.29, 1.82) is 0 Å². The first-order valence-electron chi connectivity index (χ1n) is 9.42. The second-order valence-electron chi connectivity index (χ2n) is 6.69. The minimum atomic E-state index is -0.187. The third kappa shape index (κ3) is 5.92. The minimum absolute atomic E-state index is 0.0683. The van der Waals surface area contributed by atoms with Gasteiger partial charge in [-0.2, -0.15) is 5.10 Å². The van der Waals surface area contributed by atoms with Crippen LogP contribution in [0.5, 0.6) is 0 Å². The zero-order valence-corrected chi connectivity index (χ0v) is 17.1. The van der Waals surface area contributed by atoms with Crippen molar-refractivity contribution in [2.45, 2.75) is 22.6 Å². The van der Waals surface area contributed by atoms with Gasteiger partial charge in [0.15, 0.2) is 0 Å². The summed E-state index contributed by atoms with van der Waals surface area (Å²) in [6.07, 6.45) is 3.38. The summed E-state index contributed by atoms with van der Waals surface area (Å²) in [5.74, 6) is -0.301. The zero-order chi connectivity index (χ0) is 20.6. The van der Waals surface area contributed by atoms with Crippen molar-refractivity contribution in [3.05, 3.63) is 66.6 Å². The maximum Gasteiger partial charge on any atom is 0.220 e. The fourth-order valence-electron chi connectivity index (χ4n) is 2.99. The second kappa shape index (κ2) is 10.2. The van der Waals surface area contributed by atoms with Gasteiger partial charge < -0.3 is 10.5 Å². The predicted molar refractivity (Wildman–Crippen MR) is 112 cm³/mol. The molecule has 0 radical (unpaired) electrons. The highest BCUT2D eigenvalue weighted by Crippen LogP contribution is 2.31. The van der Waals surface area contributed by atoms with Crippen LogP contribution in [-0.4, -0.2) is 28.9 Å². The average molecular weight is 414 g/mol. The van der Waals surface area contributed by atoms with E-state index in [9.17, 15) is 9.18 Å². The van der Waals surface area contributed by atoms with E-state index in [4.69, 9.17) is 10.5 Å². The molecule has 0 spiro atoms. The number of hydrogen-bond acceptors (Lipinski definition) is 4. The number of nitrogens with zero attached hydrogens (tertiary/aromatic N) is 2. The lowest BCUT2D eigenvalue weighted by atomic mass is 10.0. The molecule has 0 bridgehead atoms. The van der Waals surface area contributed by atoms with Crippen LogP contribution in [0.25, 0.3) is 11.3 Å². The van der Waals surface area contributed by atoms with Gasteiger partial charge in [-0.3, -0.25) is 9.48 Å². The summed E-state index contributed by atoms with van der Waals surface area (Å²) >= 11 is 1.43. The molecule has 0 saturated carbocycles. The largest absolute Gasteiger partial charge is 0.381 e. The van der Waals surface area contributed by atoms with Gasteiger partial charge in [0.1, 0.15) is 5.82 Å². The Morgan fingerprint density at radius 3 is 2.38 bits per heavy atom. The Labute approximate surface area is 174 Å². The SMILES string of the molecule is Cn1nccc1-c1ccc(Sc2ccccc2F)cc1.NC(=O)C1CCOCC1. The van der Waals surface area contributed by atoms with Gasteiger partial charge in [0.05, 0.1) is 5.69 Å². The number of carbonyl (C=O) groups is 1. The highest BCUT2D eigenvalue weighted by molar-refractivity contribution is 7.99.